The Bertz CT molecular complexity index is 1190. The van der Waals surface area contributed by atoms with Gasteiger partial charge in [0.1, 0.15) is 12.1 Å². The first-order valence-electron chi connectivity index (χ1n) is 8.51. The van der Waals surface area contributed by atoms with Crippen molar-refractivity contribution in [3.8, 4) is 0 Å². The van der Waals surface area contributed by atoms with E-state index in [1.54, 1.807) is 6.07 Å². The smallest absolute Gasteiger partial charge is 0.266 e. The number of carbonyl (C=O) groups excluding carboxylic acids is 2. The molecule has 0 bridgehead atoms. The summed E-state index contributed by atoms with van der Waals surface area (Å²) in [5, 5.41) is 10.4. The summed E-state index contributed by atoms with van der Waals surface area (Å²) in [5.41, 5.74) is 1.19. The second-order valence-corrected chi connectivity index (χ2v) is 7.35. The van der Waals surface area contributed by atoms with Gasteiger partial charge in [-0.25, -0.2) is 0 Å². The van der Waals surface area contributed by atoms with Crippen LogP contribution in [0.3, 0.4) is 0 Å². The topological polar surface area (TPSA) is 95.3 Å². The number of benzene rings is 2. The molecule has 1 aliphatic heterocycles. The molecule has 0 saturated carbocycles. The Morgan fingerprint density at radius 1 is 1.14 bits per heavy atom. The number of hydrogen-bond acceptors (Lipinski definition) is 4. The van der Waals surface area contributed by atoms with Gasteiger partial charge in [0, 0.05) is 22.6 Å². The number of rotatable bonds is 3. The monoisotopic (exact) mass is 438 g/mol. The maximum atomic E-state index is 13.0. The van der Waals surface area contributed by atoms with E-state index in [0.29, 0.717) is 17.4 Å². The first kappa shape index (κ1) is 18.1. The Kier molecular flexibility index (Phi) is 4.56. The zero-order valence-electron chi connectivity index (χ0n) is 14.6. The second kappa shape index (κ2) is 7.05. The lowest BCUT2D eigenvalue weighted by molar-refractivity contribution is -0.118. The first-order valence-corrected chi connectivity index (χ1v) is 9.30. The van der Waals surface area contributed by atoms with E-state index < -0.39 is 17.2 Å². The van der Waals surface area contributed by atoms with Gasteiger partial charge in [0.05, 0.1) is 5.52 Å². The number of nitrogens with zero attached hydrogens (tertiary/aromatic N) is 2. The van der Waals surface area contributed by atoms with Crippen LogP contribution in [-0.4, -0.2) is 33.8 Å². The molecule has 1 fully saturated rings. The maximum Gasteiger partial charge on any atom is 0.266 e. The molecule has 1 saturated heterocycles. The molecule has 2 heterocycles. The molecule has 0 unspecified atom stereocenters. The lowest BCUT2D eigenvalue weighted by atomic mass is 10.1. The van der Waals surface area contributed by atoms with E-state index >= 15 is 0 Å². The molecule has 2 aromatic carbocycles. The number of guanidine groups is 1. The van der Waals surface area contributed by atoms with Crippen molar-refractivity contribution < 1.29 is 9.59 Å². The molecular formula is C20H15BrN4O3. The van der Waals surface area contributed by atoms with Crippen molar-refractivity contribution in [2.75, 3.05) is 6.54 Å². The normalized spacial score (nSPS) is 13.8. The van der Waals surface area contributed by atoms with Gasteiger partial charge in [0.15, 0.2) is 0 Å². The van der Waals surface area contributed by atoms with Crippen LogP contribution < -0.4 is 10.7 Å². The summed E-state index contributed by atoms with van der Waals surface area (Å²) in [5.74, 6) is -1.44. The molecule has 0 radical (unpaired) electrons. The van der Waals surface area contributed by atoms with Crippen LogP contribution in [0.25, 0.3) is 10.9 Å². The van der Waals surface area contributed by atoms with Crippen molar-refractivity contribution >= 4 is 44.6 Å². The zero-order chi connectivity index (χ0) is 19.8. The molecule has 4 rings (SSSR count). The average Bonchev–Trinajstić information content (AvgIpc) is 3.02. The molecule has 3 aromatic rings. The summed E-state index contributed by atoms with van der Waals surface area (Å²) in [6, 6.07) is 15.0. The molecule has 1 aliphatic rings. The molecular weight excluding hydrogens is 424 g/mol. The Hall–Kier alpha value is -3.26. The van der Waals surface area contributed by atoms with E-state index in [1.807, 2.05) is 47.0 Å². The molecule has 2 amide bonds. The van der Waals surface area contributed by atoms with Crippen molar-refractivity contribution in [1.82, 2.24) is 14.8 Å². The Morgan fingerprint density at radius 3 is 2.57 bits per heavy atom. The summed E-state index contributed by atoms with van der Waals surface area (Å²) in [4.78, 5) is 38.4. The maximum absolute atomic E-state index is 13.0. The highest BCUT2D eigenvalue weighted by atomic mass is 79.9. The number of pyridine rings is 1. The van der Waals surface area contributed by atoms with Gasteiger partial charge in [0.2, 0.25) is 17.3 Å². The lowest BCUT2D eigenvalue weighted by Gasteiger charge is -2.17. The van der Waals surface area contributed by atoms with Crippen LogP contribution in [0, 0.1) is 5.41 Å². The van der Waals surface area contributed by atoms with Crippen molar-refractivity contribution in [2.45, 2.75) is 6.54 Å². The van der Waals surface area contributed by atoms with E-state index in [1.165, 1.54) is 6.20 Å². The van der Waals surface area contributed by atoms with E-state index in [9.17, 15) is 14.4 Å². The summed E-state index contributed by atoms with van der Waals surface area (Å²) in [6.45, 7) is 0.195. The third kappa shape index (κ3) is 3.22. The van der Waals surface area contributed by atoms with Crippen LogP contribution in [0.4, 0.5) is 0 Å². The van der Waals surface area contributed by atoms with E-state index in [4.69, 9.17) is 5.41 Å². The van der Waals surface area contributed by atoms with Crippen LogP contribution in [0.15, 0.2) is 64.0 Å². The SMILES string of the molecule is N=C1NC(=O)CN1C(=O)c1cn(Cc2ccccc2)c2ccc(Br)cc2c1=O. The molecule has 0 atom stereocenters. The summed E-state index contributed by atoms with van der Waals surface area (Å²) >= 11 is 3.37. The number of nitrogens with one attached hydrogen (secondary N) is 2. The third-order valence-corrected chi connectivity index (χ3v) is 5.04. The summed E-state index contributed by atoms with van der Waals surface area (Å²) in [6.07, 6.45) is 1.50. The molecule has 8 heteroatoms. The fourth-order valence-electron chi connectivity index (χ4n) is 3.21. The zero-order valence-corrected chi connectivity index (χ0v) is 16.2. The number of fused-ring (bicyclic) bond motifs is 1. The minimum absolute atomic E-state index is 0.0808. The van der Waals surface area contributed by atoms with Crippen LogP contribution in [-0.2, 0) is 11.3 Å². The highest BCUT2D eigenvalue weighted by molar-refractivity contribution is 9.10. The van der Waals surface area contributed by atoms with Crippen LogP contribution in [0.5, 0.6) is 0 Å². The standard InChI is InChI=1S/C20H15BrN4O3/c21-13-6-7-16-14(8-13)18(27)15(19(28)25-11-17(26)23-20(25)22)10-24(16)9-12-4-2-1-3-5-12/h1-8,10H,9,11H2,(H2,22,23,26). The van der Waals surface area contributed by atoms with Gasteiger partial charge < -0.3 is 4.57 Å². The molecule has 0 spiro atoms. The van der Waals surface area contributed by atoms with Crippen molar-refractivity contribution in [2.24, 2.45) is 0 Å². The van der Waals surface area contributed by atoms with Gasteiger partial charge in [-0.2, -0.15) is 0 Å². The Labute approximate surface area is 168 Å². The second-order valence-electron chi connectivity index (χ2n) is 6.43. The minimum Gasteiger partial charge on any atom is -0.342 e. The number of carbonyl (C=O) groups is 2. The van der Waals surface area contributed by atoms with Crippen LogP contribution in [0.1, 0.15) is 15.9 Å². The summed E-state index contributed by atoms with van der Waals surface area (Å²) in [7, 11) is 0. The number of amides is 2. The molecule has 28 heavy (non-hydrogen) atoms. The van der Waals surface area contributed by atoms with Gasteiger partial charge in [-0.1, -0.05) is 46.3 Å². The molecule has 1 aromatic heterocycles. The number of halogens is 1. The predicted octanol–water partition coefficient (Wildman–Crippen LogP) is 2.32. The fourth-order valence-corrected chi connectivity index (χ4v) is 3.57. The highest BCUT2D eigenvalue weighted by Crippen LogP contribution is 2.20. The first-order chi connectivity index (χ1) is 13.4. The van der Waals surface area contributed by atoms with Crippen molar-refractivity contribution in [3.05, 3.63) is 80.6 Å². The van der Waals surface area contributed by atoms with Crippen molar-refractivity contribution in [3.63, 3.8) is 0 Å². The molecule has 140 valence electrons. The Balaban J connectivity index is 1.88. The van der Waals surface area contributed by atoms with Gasteiger partial charge >= 0.3 is 0 Å². The fraction of sp³-hybridized carbons (Fsp3) is 0.100. The van der Waals surface area contributed by atoms with Gasteiger partial charge in [-0.05, 0) is 23.8 Å². The molecule has 2 N–H and O–H groups in total. The van der Waals surface area contributed by atoms with E-state index in [0.717, 1.165) is 14.9 Å². The van der Waals surface area contributed by atoms with E-state index in [-0.39, 0.29) is 18.1 Å². The van der Waals surface area contributed by atoms with Gasteiger partial charge in [-0.3, -0.25) is 30.0 Å². The lowest BCUT2D eigenvalue weighted by Crippen LogP contribution is -2.37. The third-order valence-electron chi connectivity index (χ3n) is 4.54. The number of hydrogen-bond donors (Lipinski definition) is 2. The minimum atomic E-state index is -0.669. The predicted molar refractivity (Wildman–Crippen MR) is 108 cm³/mol. The van der Waals surface area contributed by atoms with Crippen molar-refractivity contribution in [1.29, 1.82) is 5.41 Å². The number of aromatic nitrogens is 1. The largest absolute Gasteiger partial charge is 0.342 e. The highest BCUT2D eigenvalue weighted by Gasteiger charge is 2.31. The van der Waals surface area contributed by atoms with Gasteiger partial charge in [0.25, 0.3) is 5.91 Å². The Morgan fingerprint density at radius 2 is 1.89 bits per heavy atom. The average molecular weight is 439 g/mol. The van der Waals surface area contributed by atoms with E-state index in [2.05, 4.69) is 21.2 Å². The molecule has 7 nitrogen and oxygen atoms in total. The van der Waals surface area contributed by atoms with Gasteiger partial charge in [-0.15, -0.1) is 0 Å². The van der Waals surface area contributed by atoms with Crippen LogP contribution >= 0.6 is 15.9 Å². The van der Waals surface area contributed by atoms with Crippen LogP contribution in [0.2, 0.25) is 0 Å². The quantitative estimate of drug-likeness (QED) is 0.656. The summed E-state index contributed by atoms with van der Waals surface area (Å²) < 4.78 is 2.56. The molecule has 0 aliphatic carbocycles.